The van der Waals surface area contributed by atoms with Gasteiger partial charge in [-0.1, -0.05) is 44.9 Å². The maximum atomic E-state index is 9.88. The minimum Gasteiger partial charge on any atom is -0.394 e. The lowest BCUT2D eigenvalue weighted by molar-refractivity contribution is -0.117. The first-order valence-electron chi connectivity index (χ1n) is 8.15. The molecule has 3 rings (SSSR count). The number of nitrogens with zero attached hydrogens (tertiary/aromatic N) is 1. The maximum absolute atomic E-state index is 9.88. The van der Waals surface area contributed by atoms with Crippen LogP contribution < -0.4 is 0 Å². The molecule has 3 fully saturated rings. The lowest BCUT2D eigenvalue weighted by Gasteiger charge is -2.59. The van der Waals surface area contributed by atoms with Crippen LogP contribution in [0.1, 0.15) is 70.6 Å². The van der Waals surface area contributed by atoms with Gasteiger partial charge in [0.2, 0.25) is 0 Å². The number of hydrogen-bond donors (Lipinski definition) is 1. The van der Waals surface area contributed by atoms with E-state index >= 15 is 0 Å². The van der Waals surface area contributed by atoms with Gasteiger partial charge in [0.15, 0.2) is 0 Å². The highest BCUT2D eigenvalue weighted by atomic mass is 16.3. The van der Waals surface area contributed by atoms with Crippen LogP contribution in [0, 0.1) is 5.41 Å². The predicted molar refractivity (Wildman–Crippen MR) is 74.6 cm³/mol. The van der Waals surface area contributed by atoms with Crippen LogP contribution in [0.2, 0.25) is 0 Å². The van der Waals surface area contributed by atoms with E-state index in [0.717, 1.165) is 0 Å². The Labute approximate surface area is 112 Å². The first-order valence-corrected chi connectivity index (χ1v) is 8.15. The van der Waals surface area contributed by atoms with Gasteiger partial charge in [-0.3, -0.25) is 4.90 Å². The Morgan fingerprint density at radius 2 is 1.22 bits per heavy atom. The molecule has 1 saturated heterocycles. The summed E-state index contributed by atoms with van der Waals surface area (Å²) in [7, 11) is 0. The third kappa shape index (κ3) is 2.22. The quantitative estimate of drug-likeness (QED) is 0.813. The fourth-order valence-corrected chi connectivity index (χ4v) is 4.68. The summed E-state index contributed by atoms with van der Waals surface area (Å²) in [5.74, 6) is 0. The van der Waals surface area contributed by atoms with E-state index in [2.05, 4.69) is 4.90 Å². The van der Waals surface area contributed by atoms with Crippen LogP contribution in [-0.4, -0.2) is 35.2 Å². The molecule has 2 heteroatoms. The minimum absolute atomic E-state index is 0.176. The summed E-state index contributed by atoms with van der Waals surface area (Å²) in [5, 5.41) is 9.88. The van der Waals surface area contributed by atoms with Gasteiger partial charge in [0.05, 0.1) is 6.61 Å². The van der Waals surface area contributed by atoms with E-state index < -0.39 is 0 Å². The van der Waals surface area contributed by atoms with Crippen LogP contribution >= 0.6 is 0 Å². The Kier molecular flexibility index (Phi) is 3.68. The largest absolute Gasteiger partial charge is 0.394 e. The molecule has 2 nitrogen and oxygen atoms in total. The van der Waals surface area contributed by atoms with E-state index in [1.165, 1.54) is 83.7 Å². The van der Waals surface area contributed by atoms with E-state index in [-0.39, 0.29) is 5.54 Å². The monoisotopic (exact) mass is 251 g/mol. The molecule has 2 saturated carbocycles. The van der Waals surface area contributed by atoms with Gasteiger partial charge in [-0.2, -0.15) is 0 Å². The number of aliphatic hydroxyl groups excluding tert-OH is 1. The lowest BCUT2D eigenvalue weighted by atomic mass is 9.68. The van der Waals surface area contributed by atoms with Crippen molar-refractivity contribution in [2.45, 2.75) is 76.2 Å². The molecule has 0 bridgehead atoms. The molecule has 1 heterocycles. The van der Waals surface area contributed by atoms with E-state index in [1.807, 2.05) is 0 Å². The lowest BCUT2D eigenvalue weighted by Crippen LogP contribution is -2.67. The van der Waals surface area contributed by atoms with Crippen molar-refractivity contribution < 1.29 is 5.11 Å². The fraction of sp³-hybridized carbons (Fsp3) is 1.00. The molecule has 3 aliphatic rings. The SMILES string of the molecule is OCC1(N2CC3(CCCCCC3)C2)CCCCC1. The van der Waals surface area contributed by atoms with Gasteiger partial charge in [0.25, 0.3) is 0 Å². The fourth-order valence-electron chi connectivity index (χ4n) is 4.68. The van der Waals surface area contributed by atoms with Crippen molar-refractivity contribution in [1.82, 2.24) is 4.90 Å². The molecule has 18 heavy (non-hydrogen) atoms. The van der Waals surface area contributed by atoms with Crippen molar-refractivity contribution in [3.05, 3.63) is 0 Å². The molecule has 0 atom stereocenters. The van der Waals surface area contributed by atoms with Gasteiger partial charge in [0, 0.05) is 18.6 Å². The second kappa shape index (κ2) is 5.13. The molecule has 1 spiro atoms. The number of hydrogen-bond acceptors (Lipinski definition) is 2. The highest BCUT2D eigenvalue weighted by molar-refractivity contribution is 5.05. The van der Waals surface area contributed by atoms with Gasteiger partial charge < -0.3 is 5.11 Å². The molecule has 0 radical (unpaired) electrons. The molecular weight excluding hydrogens is 222 g/mol. The second-order valence-corrected chi connectivity index (χ2v) is 7.21. The zero-order valence-electron chi connectivity index (χ0n) is 11.8. The Bertz CT molecular complexity index is 267. The topological polar surface area (TPSA) is 23.5 Å². The molecular formula is C16H29NO. The molecule has 1 N–H and O–H groups in total. The van der Waals surface area contributed by atoms with Gasteiger partial charge in [-0.15, -0.1) is 0 Å². The van der Waals surface area contributed by atoms with Crippen molar-refractivity contribution in [3.8, 4) is 0 Å². The van der Waals surface area contributed by atoms with Crippen LogP contribution in [-0.2, 0) is 0 Å². The predicted octanol–water partition coefficient (Wildman–Crippen LogP) is 3.34. The third-order valence-corrected chi connectivity index (χ3v) is 5.97. The zero-order valence-corrected chi connectivity index (χ0v) is 11.8. The molecule has 104 valence electrons. The van der Waals surface area contributed by atoms with Crippen LogP contribution in [0.25, 0.3) is 0 Å². The molecule has 0 aromatic rings. The van der Waals surface area contributed by atoms with Gasteiger partial charge in [0.1, 0.15) is 0 Å². The summed E-state index contributed by atoms with van der Waals surface area (Å²) in [4.78, 5) is 2.65. The van der Waals surface area contributed by atoms with Crippen LogP contribution in [0.15, 0.2) is 0 Å². The maximum Gasteiger partial charge on any atom is 0.0615 e. The van der Waals surface area contributed by atoms with Crippen LogP contribution in [0.5, 0.6) is 0 Å². The summed E-state index contributed by atoms with van der Waals surface area (Å²) in [5.41, 5.74) is 0.825. The van der Waals surface area contributed by atoms with E-state index in [1.54, 1.807) is 0 Å². The average molecular weight is 251 g/mol. The summed E-state index contributed by atoms with van der Waals surface area (Å²) in [6.07, 6.45) is 15.2. The first kappa shape index (κ1) is 12.9. The highest BCUT2D eigenvalue weighted by Gasteiger charge is 2.50. The van der Waals surface area contributed by atoms with Crippen molar-refractivity contribution in [2.24, 2.45) is 5.41 Å². The molecule has 0 unspecified atom stereocenters. The molecule has 0 amide bonds. The normalized spacial score (nSPS) is 31.8. The standard InChI is InChI=1S/C16H29NO/c18-14-16(10-6-3-7-11-16)17-12-15(13-17)8-4-1-2-5-9-15/h18H,1-14H2. The summed E-state index contributed by atoms with van der Waals surface area (Å²) >= 11 is 0. The minimum atomic E-state index is 0.176. The number of likely N-dealkylation sites (tertiary alicyclic amines) is 1. The van der Waals surface area contributed by atoms with Crippen molar-refractivity contribution >= 4 is 0 Å². The van der Waals surface area contributed by atoms with Crippen molar-refractivity contribution in [1.29, 1.82) is 0 Å². The highest BCUT2D eigenvalue weighted by Crippen LogP contribution is 2.48. The van der Waals surface area contributed by atoms with Crippen molar-refractivity contribution in [3.63, 3.8) is 0 Å². The summed E-state index contributed by atoms with van der Waals surface area (Å²) in [6.45, 7) is 2.96. The first-order chi connectivity index (χ1) is 8.79. The number of aliphatic hydroxyl groups is 1. The average Bonchev–Trinajstić information content (AvgIpc) is 2.63. The Morgan fingerprint density at radius 1 is 0.722 bits per heavy atom. The zero-order chi connectivity index (χ0) is 12.5. The smallest absolute Gasteiger partial charge is 0.0615 e. The number of rotatable bonds is 2. The molecule has 0 aromatic carbocycles. The van der Waals surface area contributed by atoms with E-state index in [0.29, 0.717) is 12.0 Å². The Morgan fingerprint density at radius 3 is 1.78 bits per heavy atom. The molecule has 1 aliphatic heterocycles. The Hall–Kier alpha value is -0.0800. The Balaban J connectivity index is 1.62. The molecule has 0 aromatic heterocycles. The van der Waals surface area contributed by atoms with Gasteiger partial charge in [-0.25, -0.2) is 0 Å². The van der Waals surface area contributed by atoms with E-state index in [4.69, 9.17) is 0 Å². The molecule has 2 aliphatic carbocycles. The van der Waals surface area contributed by atoms with Crippen LogP contribution in [0.4, 0.5) is 0 Å². The summed E-state index contributed by atoms with van der Waals surface area (Å²) in [6, 6.07) is 0. The van der Waals surface area contributed by atoms with E-state index in [9.17, 15) is 5.11 Å². The van der Waals surface area contributed by atoms with Gasteiger partial charge >= 0.3 is 0 Å². The second-order valence-electron chi connectivity index (χ2n) is 7.21. The van der Waals surface area contributed by atoms with Crippen molar-refractivity contribution in [2.75, 3.05) is 19.7 Å². The van der Waals surface area contributed by atoms with Gasteiger partial charge in [-0.05, 0) is 31.1 Å². The van der Waals surface area contributed by atoms with Crippen LogP contribution in [0.3, 0.4) is 0 Å². The third-order valence-electron chi connectivity index (χ3n) is 5.97. The summed E-state index contributed by atoms with van der Waals surface area (Å²) < 4.78 is 0.